The van der Waals surface area contributed by atoms with Crippen LogP contribution < -0.4 is 0 Å². The van der Waals surface area contributed by atoms with E-state index in [-0.39, 0.29) is 0 Å². The second-order valence-corrected chi connectivity index (χ2v) is 5.08. The van der Waals surface area contributed by atoms with Crippen molar-refractivity contribution in [2.24, 2.45) is 5.92 Å². The SMILES string of the molecule is CC(C)Cn1cnnc1-c1cccc2cccnc12. The summed E-state index contributed by atoms with van der Waals surface area (Å²) in [6, 6.07) is 10.2. The average Bonchev–Trinajstić information content (AvgIpc) is 2.85. The minimum Gasteiger partial charge on any atom is -0.313 e. The Hall–Kier alpha value is -2.23. The molecule has 0 aliphatic heterocycles. The lowest BCUT2D eigenvalue weighted by molar-refractivity contribution is 0.525. The molecule has 1 aromatic carbocycles. The van der Waals surface area contributed by atoms with Crippen molar-refractivity contribution >= 4 is 10.9 Å². The Morgan fingerprint density at radius 3 is 2.84 bits per heavy atom. The highest BCUT2D eigenvalue weighted by atomic mass is 15.3. The number of rotatable bonds is 3. The van der Waals surface area contributed by atoms with Crippen molar-refractivity contribution in [2.75, 3.05) is 0 Å². The second kappa shape index (κ2) is 4.80. The highest BCUT2D eigenvalue weighted by Crippen LogP contribution is 2.25. The topological polar surface area (TPSA) is 43.6 Å². The zero-order valence-electron chi connectivity index (χ0n) is 11.1. The van der Waals surface area contributed by atoms with Crippen LogP contribution in [0.3, 0.4) is 0 Å². The summed E-state index contributed by atoms with van der Waals surface area (Å²) < 4.78 is 2.09. The van der Waals surface area contributed by atoms with Gasteiger partial charge in [-0.3, -0.25) is 4.98 Å². The summed E-state index contributed by atoms with van der Waals surface area (Å²) in [5.41, 5.74) is 2.01. The predicted octanol–water partition coefficient (Wildman–Crippen LogP) is 3.15. The first kappa shape index (κ1) is 11.8. The number of hydrogen-bond acceptors (Lipinski definition) is 3. The first-order chi connectivity index (χ1) is 9.25. The van der Waals surface area contributed by atoms with E-state index in [1.165, 1.54) is 0 Å². The van der Waals surface area contributed by atoms with Gasteiger partial charge in [0, 0.05) is 23.7 Å². The number of benzene rings is 1. The van der Waals surface area contributed by atoms with Crippen LogP contribution in [0.1, 0.15) is 13.8 Å². The summed E-state index contributed by atoms with van der Waals surface area (Å²) in [7, 11) is 0. The first-order valence-corrected chi connectivity index (χ1v) is 6.47. The van der Waals surface area contributed by atoms with Gasteiger partial charge in [-0.05, 0) is 18.1 Å². The normalized spacial score (nSPS) is 11.3. The molecule has 0 unspecified atom stereocenters. The molecule has 0 N–H and O–H groups in total. The monoisotopic (exact) mass is 252 g/mol. The molecule has 0 fully saturated rings. The van der Waals surface area contributed by atoms with Gasteiger partial charge in [-0.1, -0.05) is 32.0 Å². The molecule has 0 saturated carbocycles. The largest absolute Gasteiger partial charge is 0.313 e. The molecule has 0 spiro atoms. The molecule has 0 radical (unpaired) electrons. The highest BCUT2D eigenvalue weighted by molar-refractivity contribution is 5.91. The molecule has 2 aromatic heterocycles. The van der Waals surface area contributed by atoms with Crippen LogP contribution in [0.25, 0.3) is 22.3 Å². The Balaban J connectivity index is 2.17. The molecule has 19 heavy (non-hydrogen) atoms. The van der Waals surface area contributed by atoms with Gasteiger partial charge < -0.3 is 4.57 Å². The standard InChI is InChI=1S/C15H16N4/c1-11(2)9-19-10-17-18-15(19)13-7-3-5-12-6-4-8-16-14(12)13/h3-8,10-11H,9H2,1-2H3. The molecule has 3 aromatic rings. The fraction of sp³-hybridized carbons (Fsp3) is 0.267. The third-order valence-electron chi connectivity index (χ3n) is 3.05. The maximum Gasteiger partial charge on any atom is 0.165 e. The van der Waals surface area contributed by atoms with Gasteiger partial charge in [-0.15, -0.1) is 10.2 Å². The number of pyridine rings is 1. The second-order valence-electron chi connectivity index (χ2n) is 5.08. The van der Waals surface area contributed by atoms with E-state index in [1.54, 1.807) is 6.33 Å². The van der Waals surface area contributed by atoms with Crippen LogP contribution in [-0.2, 0) is 6.54 Å². The average molecular weight is 252 g/mol. The van der Waals surface area contributed by atoms with Gasteiger partial charge in [-0.2, -0.15) is 0 Å². The molecular formula is C15H16N4. The molecule has 0 bridgehead atoms. The van der Waals surface area contributed by atoms with Crippen LogP contribution in [0.5, 0.6) is 0 Å². The van der Waals surface area contributed by atoms with Crippen molar-refractivity contribution < 1.29 is 0 Å². The van der Waals surface area contributed by atoms with Crippen molar-refractivity contribution in [3.05, 3.63) is 42.9 Å². The number of nitrogens with zero attached hydrogens (tertiary/aromatic N) is 4. The van der Waals surface area contributed by atoms with Crippen molar-refractivity contribution in [1.29, 1.82) is 0 Å². The van der Waals surface area contributed by atoms with E-state index in [1.807, 2.05) is 18.3 Å². The fourth-order valence-corrected chi connectivity index (χ4v) is 2.28. The van der Waals surface area contributed by atoms with Crippen LogP contribution in [0.4, 0.5) is 0 Å². The van der Waals surface area contributed by atoms with E-state index < -0.39 is 0 Å². The van der Waals surface area contributed by atoms with Gasteiger partial charge in [0.15, 0.2) is 5.82 Å². The molecule has 0 atom stereocenters. The molecule has 0 aliphatic rings. The van der Waals surface area contributed by atoms with Crippen molar-refractivity contribution in [3.8, 4) is 11.4 Å². The fourth-order valence-electron chi connectivity index (χ4n) is 2.28. The van der Waals surface area contributed by atoms with E-state index in [0.29, 0.717) is 5.92 Å². The molecule has 0 amide bonds. The van der Waals surface area contributed by atoms with Gasteiger partial charge in [0.05, 0.1) is 5.52 Å². The van der Waals surface area contributed by atoms with Crippen LogP contribution >= 0.6 is 0 Å². The Labute approximate surface area is 112 Å². The molecule has 3 rings (SSSR count). The lowest BCUT2D eigenvalue weighted by atomic mass is 10.1. The lowest BCUT2D eigenvalue weighted by Gasteiger charge is -2.10. The maximum atomic E-state index is 4.48. The van der Waals surface area contributed by atoms with Crippen LogP contribution in [-0.4, -0.2) is 19.7 Å². The van der Waals surface area contributed by atoms with Gasteiger partial charge in [0.2, 0.25) is 0 Å². The van der Waals surface area contributed by atoms with Gasteiger partial charge >= 0.3 is 0 Å². The number of para-hydroxylation sites is 1. The van der Waals surface area contributed by atoms with Gasteiger partial charge in [-0.25, -0.2) is 0 Å². The Morgan fingerprint density at radius 1 is 1.16 bits per heavy atom. The molecule has 96 valence electrons. The van der Waals surface area contributed by atoms with Gasteiger partial charge in [0.25, 0.3) is 0 Å². The number of fused-ring (bicyclic) bond motifs is 1. The predicted molar refractivity (Wildman–Crippen MR) is 75.6 cm³/mol. The summed E-state index contributed by atoms with van der Waals surface area (Å²) in [5, 5.41) is 9.43. The van der Waals surface area contributed by atoms with Crippen molar-refractivity contribution in [1.82, 2.24) is 19.7 Å². The Morgan fingerprint density at radius 2 is 2.00 bits per heavy atom. The third kappa shape index (κ3) is 2.21. The van der Waals surface area contributed by atoms with Crippen molar-refractivity contribution in [2.45, 2.75) is 20.4 Å². The summed E-state index contributed by atoms with van der Waals surface area (Å²) >= 11 is 0. The molecule has 0 aliphatic carbocycles. The molecule has 4 nitrogen and oxygen atoms in total. The van der Waals surface area contributed by atoms with Crippen molar-refractivity contribution in [3.63, 3.8) is 0 Å². The van der Waals surface area contributed by atoms with E-state index in [0.717, 1.165) is 28.8 Å². The molecule has 4 heteroatoms. The van der Waals surface area contributed by atoms with Crippen LogP contribution in [0.15, 0.2) is 42.9 Å². The van der Waals surface area contributed by atoms with Crippen LogP contribution in [0, 0.1) is 5.92 Å². The first-order valence-electron chi connectivity index (χ1n) is 6.47. The van der Waals surface area contributed by atoms with Crippen LogP contribution in [0.2, 0.25) is 0 Å². The smallest absolute Gasteiger partial charge is 0.165 e. The number of aromatic nitrogens is 4. The number of hydrogen-bond donors (Lipinski definition) is 0. The minimum absolute atomic E-state index is 0.553. The lowest BCUT2D eigenvalue weighted by Crippen LogP contribution is -2.05. The summed E-state index contributed by atoms with van der Waals surface area (Å²) in [6.45, 7) is 5.28. The van der Waals surface area contributed by atoms with E-state index >= 15 is 0 Å². The van der Waals surface area contributed by atoms with E-state index in [2.05, 4.69) is 51.8 Å². The highest BCUT2D eigenvalue weighted by Gasteiger charge is 2.12. The summed E-state index contributed by atoms with van der Waals surface area (Å²) in [4.78, 5) is 4.48. The molecular weight excluding hydrogens is 236 g/mol. The van der Waals surface area contributed by atoms with Gasteiger partial charge in [0.1, 0.15) is 6.33 Å². The summed E-state index contributed by atoms with van der Waals surface area (Å²) in [5.74, 6) is 1.44. The van der Waals surface area contributed by atoms with E-state index in [9.17, 15) is 0 Å². The Bertz CT molecular complexity index is 695. The quantitative estimate of drug-likeness (QED) is 0.719. The molecule has 2 heterocycles. The minimum atomic E-state index is 0.553. The zero-order chi connectivity index (χ0) is 13.2. The Kier molecular flexibility index (Phi) is 2.99. The maximum absolute atomic E-state index is 4.48. The summed E-state index contributed by atoms with van der Waals surface area (Å²) in [6.07, 6.45) is 3.60. The molecule has 0 saturated heterocycles. The van der Waals surface area contributed by atoms with E-state index in [4.69, 9.17) is 0 Å². The zero-order valence-corrected chi connectivity index (χ0v) is 11.1. The third-order valence-corrected chi connectivity index (χ3v) is 3.05.